The van der Waals surface area contributed by atoms with Crippen LogP contribution in [0, 0.1) is 11.7 Å². The number of rotatable bonds is 3. The van der Waals surface area contributed by atoms with E-state index in [9.17, 15) is 17.6 Å². The normalized spacial score (nSPS) is 17.5. The molecule has 1 fully saturated rings. The van der Waals surface area contributed by atoms with Gasteiger partial charge in [0.1, 0.15) is 5.82 Å². The van der Waals surface area contributed by atoms with Gasteiger partial charge in [-0.1, -0.05) is 19.3 Å². The number of hydrogen-bond acceptors (Lipinski definition) is 1. The second kappa shape index (κ2) is 5.80. The smallest absolute Gasteiger partial charge is 0.382 e. The van der Waals surface area contributed by atoms with Crippen LogP contribution < -0.4 is 5.32 Å². The number of benzene rings is 1. The number of anilines is 1. The Kier molecular flexibility index (Phi) is 4.32. The molecule has 1 N–H and O–H groups in total. The topological polar surface area (TPSA) is 12.0 Å². The molecular formula is C14H17F4N. The molecule has 1 aliphatic carbocycles. The van der Waals surface area contributed by atoms with E-state index in [1.165, 1.54) is 6.42 Å². The summed E-state index contributed by atoms with van der Waals surface area (Å²) in [5.41, 5.74) is -0.875. The van der Waals surface area contributed by atoms with Gasteiger partial charge in [-0.15, -0.1) is 0 Å². The van der Waals surface area contributed by atoms with E-state index in [0.29, 0.717) is 12.5 Å². The SMILES string of the molecule is Fc1ccc(C(F)(F)F)cc1NCC1CCCCC1. The van der Waals surface area contributed by atoms with Gasteiger partial charge in [0.25, 0.3) is 0 Å². The molecule has 2 rings (SSSR count). The zero-order valence-corrected chi connectivity index (χ0v) is 10.6. The van der Waals surface area contributed by atoms with Gasteiger partial charge in [0.05, 0.1) is 11.3 Å². The monoisotopic (exact) mass is 275 g/mol. The molecular weight excluding hydrogens is 258 g/mol. The van der Waals surface area contributed by atoms with E-state index >= 15 is 0 Å². The van der Waals surface area contributed by atoms with Crippen LogP contribution in [-0.2, 0) is 6.18 Å². The first kappa shape index (κ1) is 14.2. The molecule has 1 aliphatic rings. The first-order chi connectivity index (χ1) is 8.97. The summed E-state index contributed by atoms with van der Waals surface area (Å²) in [6.07, 6.45) is 1.21. The maximum absolute atomic E-state index is 13.5. The number of alkyl halides is 3. The number of halogens is 4. The summed E-state index contributed by atoms with van der Waals surface area (Å²) in [5.74, 6) is -0.202. The summed E-state index contributed by atoms with van der Waals surface area (Å²) >= 11 is 0. The van der Waals surface area contributed by atoms with Crippen molar-refractivity contribution in [3.8, 4) is 0 Å². The molecule has 0 saturated heterocycles. The van der Waals surface area contributed by atoms with Crippen LogP contribution in [0.4, 0.5) is 23.2 Å². The largest absolute Gasteiger partial charge is 0.416 e. The van der Waals surface area contributed by atoms with Crippen molar-refractivity contribution in [1.82, 2.24) is 0 Å². The zero-order chi connectivity index (χ0) is 13.9. The highest BCUT2D eigenvalue weighted by molar-refractivity contribution is 5.48. The van der Waals surface area contributed by atoms with Crippen LogP contribution in [0.1, 0.15) is 37.7 Å². The number of hydrogen-bond donors (Lipinski definition) is 1. The summed E-state index contributed by atoms with van der Waals surface area (Å²) in [5, 5.41) is 2.82. The predicted molar refractivity (Wildman–Crippen MR) is 66.5 cm³/mol. The molecule has 0 unspecified atom stereocenters. The average Bonchev–Trinajstić information content (AvgIpc) is 2.37. The molecule has 0 atom stereocenters. The van der Waals surface area contributed by atoms with Crippen LogP contribution in [0.2, 0.25) is 0 Å². The highest BCUT2D eigenvalue weighted by Crippen LogP contribution is 2.32. The molecule has 1 saturated carbocycles. The van der Waals surface area contributed by atoms with Gasteiger partial charge >= 0.3 is 6.18 Å². The molecule has 5 heteroatoms. The Balaban J connectivity index is 2.02. The van der Waals surface area contributed by atoms with Crippen LogP contribution in [0.25, 0.3) is 0 Å². The Morgan fingerprint density at radius 2 is 1.79 bits per heavy atom. The van der Waals surface area contributed by atoms with Crippen molar-refractivity contribution in [2.45, 2.75) is 38.3 Å². The summed E-state index contributed by atoms with van der Waals surface area (Å²) in [6.45, 7) is 0.540. The van der Waals surface area contributed by atoms with Gasteiger partial charge in [0, 0.05) is 6.54 Å². The van der Waals surface area contributed by atoms with Crippen LogP contribution in [0.3, 0.4) is 0 Å². The van der Waals surface area contributed by atoms with Crippen LogP contribution in [0.5, 0.6) is 0 Å². The van der Waals surface area contributed by atoms with Crippen molar-refractivity contribution in [2.24, 2.45) is 5.92 Å². The highest BCUT2D eigenvalue weighted by Gasteiger charge is 2.31. The van der Waals surface area contributed by atoms with Crippen LogP contribution in [0.15, 0.2) is 18.2 Å². The van der Waals surface area contributed by atoms with Crippen molar-refractivity contribution in [3.05, 3.63) is 29.6 Å². The van der Waals surface area contributed by atoms with Gasteiger partial charge < -0.3 is 5.32 Å². The van der Waals surface area contributed by atoms with Gasteiger partial charge in [-0.3, -0.25) is 0 Å². The second-order valence-electron chi connectivity index (χ2n) is 5.08. The lowest BCUT2D eigenvalue weighted by molar-refractivity contribution is -0.137. The third kappa shape index (κ3) is 3.85. The summed E-state index contributed by atoms with van der Waals surface area (Å²) in [6, 6.07) is 2.48. The van der Waals surface area contributed by atoms with E-state index in [2.05, 4.69) is 5.32 Å². The first-order valence-electron chi connectivity index (χ1n) is 6.57. The third-order valence-electron chi connectivity index (χ3n) is 3.60. The molecule has 0 spiro atoms. The second-order valence-corrected chi connectivity index (χ2v) is 5.08. The Labute approximate surface area is 110 Å². The fourth-order valence-corrected chi connectivity index (χ4v) is 2.48. The van der Waals surface area contributed by atoms with E-state index < -0.39 is 17.6 Å². The van der Waals surface area contributed by atoms with Crippen molar-refractivity contribution in [1.29, 1.82) is 0 Å². The lowest BCUT2D eigenvalue weighted by Crippen LogP contribution is -2.18. The molecule has 1 aromatic rings. The molecule has 0 aromatic heterocycles. The highest BCUT2D eigenvalue weighted by atomic mass is 19.4. The molecule has 106 valence electrons. The van der Waals surface area contributed by atoms with Gasteiger partial charge in [0.15, 0.2) is 0 Å². The maximum Gasteiger partial charge on any atom is 0.416 e. The third-order valence-corrected chi connectivity index (χ3v) is 3.60. The molecule has 19 heavy (non-hydrogen) atoms. The summed E-state index contributed by atoms with van der Waals surface area (Å²) in [4.78, 5) is 0. The Morgan fingerprint density at radius 3 is 2.42 bits per heavy atom. The first-order valence-corrected chi connectivity index (χ1v) is 6.57. The van der Waals surface area contributed by atoms with Gasteiger partial charge in [-0.25, -0.2) is 4.39 Å². The van der Waals surface area contributed by atoms with Gasteiger partial charge in [0.2, 0.25) is 0 Å². The standard InChI is InChI=1S/C14H17F4N/c15-12-7-6-11(14(16,17)18)8-13(12)19-9-10-4-2-1-3-5-10/h6-8,10,19H,1-5,9H2. The molecule has 0 bridgehead atoms. The van der Waals surface area contributed by atoms with Crippen molar-refractivity contribution in [2.75, 3.05) is 11.9 Å². The van der Waals surface area contributed by atoms with Crippen molar-refractivity contribution >= 4 is 5.69 Å². The average molecular weight is 275 g/mol. The molecule has 0 amide bonds. The zero-order valence-electron chi connectivity index (χ0n) is 10.6. The quantitative estimate of drug-likeness (QED) is 0.778. The Bertz CT molecular complexity index is 422. The lowest BCUT2D eigenvalue weighted by Gasteiger charge is -2.22. The van der Waals surface area contributed by atoms with E-state index in [4.69, 9.17) is 0 Å². The fourth-order valence-electron chi connectivity index (χ4n) is 2.48. The van der Waals surface area contributed by atoms with Crippen LogP contribution in [-0.4, -0.2) is 6.54 Å². The van der Waals surface area contributed by atoms with Crippen LogP contribution >= 0.6 is 0 Å². The lowest BCUT2D eigenvalue weighted by atomic mass is 9.89. The molecule has 1 aromatic carbocycles. The minimum atomic E-state index is -4.44. The Hall–Kier alpha value is -1.26. The minimum Gasteiger partial charge on any atom is -0.382 e. The fraction of sp³-hybridized carbons (Fsp3) is 0.571. The molecule has 1 nitrogen and oxygen atoms in total. The van der Waals surface area contributed by atoms with Gasteiger partial charge in [-0.2, -0.15) is 13.2 Å². The van der Waals surface area contributed by atoms with E-state index in [1.807, 2.05) is 0 Å². The van der Waals surface area contributed by atoms with Crippen molar-refractivity contribution < 1.29 is 17.6 Å². The molecule has 0 radical (unpaired) electrons. The summed E-state index contributed by atoms with van der Waals surface area (Å²) < 4.78 is 51.1. The molecule has 0 aliphatic heterocycles. The molecule has 0 heterocycles. The van der Waals surface area contributed by atoms with Gasteiger partial charge in [-0.05, 0) is 37.0 Å². The van der Waals surface area contributed by atoms with Crippen molar-refractivity contribution in [3.63, 3.8) is 0 Å². The Morgan fingerprint density at radius 1 is 1.11 bits per heavy atom. The number of nitrogens with one attached hydrogen (secondary N) is 1. The summed E-state index contributed by atoms with van der Waals surface area (Å²) in [7, 11) is 0. The minimum absolute atomic E-state index is 0.0552. The maximum atomic E-state index is 13.5. The van der Waals surface area contributed by atoms with E-state index in [1.54, 1.807) is 0 Å². The predicted octanol–water partition coefficient (Wildman–Crippen LogP) is 4.84. The van der Waals surface area contributed by atoms with E-state index in [0.717, 1.165) is 43.9 Å². The van der Waals surface area contributed by atoms with E-state index in [-0.39, 0.29) is 5.69 Å².